The molecule has 4 heteroatoms. The Bertz CT molecular complexity index is 356. The van der Waals surface area contributed by atoms with Gasteiger partial charge in [0.1, 0.15) is 0 Å². The lowest BCUT2D eigenvalue weighted by Gasteiger charge is -2.14. The normalized spacial score (nSPS) is 10.1. The maximum absolute atomic E-state index is 8.49. The van der Waals surface area contributed by atoms with Crippen LogP contribution in [0.25, 0.3) is 0 Å². The minimum atomic E-state index is 0.559. The molecule has 0 fully saturated rings. The van der Waals surface area contributed by atoms with Gasteiger partial charge in [-0.3, -0.25) is 9.88 Å². The van der Waals surface area contributed by atoms with E-state index in [1.54, 1.807) is 0 Å². The summed E-state index contributed by atoms with van der Waals surface area (Å²) in [7, 11) is 2.00. The maximum atomic E-state index is 8.49. The summed E-state index contributed by atoms with van der Waals surface area (Å²) in [5.74, 6) is 0. The van der Waals surface area contributed by atoms with E-state index in [2.05, 4.69) is 28.2 Å². The second kappa shape index (κ2) is 6.81. The molecule has 0 atom stereocenters. The average Bonchev–Trinajstić information content (AvgIpc) is 2.27. The predicted molar refractivity (Wildman–Crippen MR) is 65.0 cm³/mol. The Hall–Kier alpha value is -1.60. The van der Waals surface area contributed by atoms with Gasteiger partial charge in [0.15, 0.2) is 0 Å². The summed E-state index contributed by atoms with van der Waals surface area (Å²) < 4.78 is 0. The van der Waals surface area contributed by atoms with Crippen LogP contribution in [0.5, 0.6) is 0 Å². The van der Waals surface area contributed by atoms with Crippen molar-refractivity contribution in [1.29, 1.82) is 5.26 Å². The van der Waals surface area contributed by atoms with E-state index in [0.717, 1.165) is 31.0 Å². The number of nitriles is 1. The third-order valence-electron chi connectivity index (χ3n) is 2.23. The zero-order chi connectivity index (χ0) is 11.8. The predicted octanol–water partition coefficient (Wildman–Crippen LogP) is 1.86. The van der Waals surface area contributed by atoms with Crippen LogP contribution in [-0.2, 0) is 6.54 Å². The molecule has 0 bridgehead atoms. The lowest BCUT2D eigenvalue weighted by atomic mass is 10.3. The number of nitrogens with one attached hydrogen (secondary N) is 1. The molecular formula is C12H18N4. The number of hydrogen-bond donors (Lipinski definition) is 1. The molecule has 86 valence electrons. The van der Waals surface area contributed by atoms with Gasteiger partial charge in [0, 0.05) is 37.9 Å². The van der Waals surface area contributed by atoms with Gasteiger partial charge in [-0.15, -0.1) is 0 Å². The van der Waals surface area contributed by atoms with Gasteiger partial charge in [-0.1, -0.05) is 0 Å². The molecule has 0 unspecified atom stereocenters. The zero-order valence-corrected chi connectivity index (χ0v) is 9.90. The fourth-order valence-electron chi connectivity index (χ4n) is 1.48. The monoisotopic (exact) mass is 218 g/mol. The first kappa shape index (κ1) is 12.5. The van der Waals surface area contributed by atoms with Gasteiger partial charge in [-0.25, -0.2) is 0 Å². The molecule has 1 aromatic heterocycles. The first-order valence-electron chi connectivity index (χ1n) is 5.50. The highest BCUT2D eigenvalue weighted by Gasteiger charge is 2.01. The molecule has 0 aliphatic heterocycles. The lowest BCUT2D eigenvalue weighted by Crippen LogP contribution is -2.19. The topological polar surface area (TPSA) is 52.0 Å². The lowest BCUT2D eigenvalue weighted by molar-refractivity contribution is 0.331. The summed E-state index contributed by atoms with van der Waals surface area (Å²) in [4.78, 5) is 6.40. The molecule has 0 saturated carbocycles. The number of nitrogens with zero attached hydrogens (tertiary/aromatic N) is 3. The Kier molecular flexibility index (Phi) is 5.30. The molecule has 4 nitrogen and oxygen atoms in total. The van der Waals surface area contributed by atoms with Crippen LogP contribution in [0.2, 0.25) is 0 Å². The SMILES string of the molecule is CCNc1ccnc(CN(C)CCC#N)c1. The number of aromatic nitrogens is 1. The molecular weight excluding hydrogens is 200 g/mol. The number of pyridine rings is 1. The standard InChI is InChI=1S/C12H18N4/c1-3-14-11-5-7-15-12(9-11)10-16(2)8-4-6-13/h5,7,9H,3-4,8,10H2,1-2H3,(H,14,15). The van der Waals surface area contributed by atoms with Crippen molar-refractivity contribution in [1.82, 2.24) is 9.88 Å². The van der Waals surface area contributed by atoms with E-state index < -0.39 is 0 Å². The summed E-state index contributed by atoms with van der Waals surface area (Å²) in [5.41, 5.74) is 2.13. The van der Waals surface area contributed by atoms with Crippen LogP contribution >= 0.6 is 0 Å². The number of hydrogen-bond acceptors (Lipinski definition) is 4. The molecule has 1 N–H and O–H groups in total. The van der Waals surface area contributed by atoms with Gasteiger partial charge in [0.25, 0.3) is 0 Å². The van der Waals surface area contributed by atoms with Gasteiger partial charge in [0.05, 0.1) is 11.8 Å². The highest BCUT2D eigenvalue weighted by atomic mass is 15.1. The Morgan fingerprint density at radius 1 is 1.56 bits per heavy atom. The fraction of sp³-hybridized carbons (Fsp3) is 0.500. The van der Waals surface area contributed by atoms with Crippen LogP contribution in [0, 0.1) is 11.3 Å². The summed E-state index contributed by atoms with van der Waals surface area (Å²) >= 11 is 0. The quantitative estimate of drug-likeness (QED) is 0.791. The fourth-order valence-corrected chi connectivity index (χ4v) is 1.48. The van der Waals surface area contributed by atoms with Crippen molar-refractivity contribution in [2.24, 2.45) is 0 Å². The van der Waals surface area contributed by atoms with E-state index in [1.807, 2.05) is 25.4 Å². The summed E-state index contributed by atoms with van der Waals surface area (Å²) in [6, 6.07) is 6.15. The van der Waals surface area contributed by atoms with Crippen molar-refractivity contribution < 1.29 is 0 Å². The summed E-state index contributed by atoms with van der Waals surface area (Å²) in [5, 5.41) is 11.7. The molecule has 0 aliphatic rings. The highest BCUT2D eigenvalue weighted by Crippen LogP contribution is 2.09. The van der Waals surface area contributed by atoms with Crippen molar-refractivity contribution in [3.8, 4) is 6.07 Å². The van der Waals surface area contributed by atoms with Crippen LogP contribution in [0.4, 0.5) is 5.69 Å². The molecule has 0 amide bonds. The average molecular weight is 218 g/mol. The molecule has 0 saturated heterocycles. The Balaban J connectivity index is 2.53. The van der Waals surface area contributed by atoms with Gasteiger partial charge in [0.2, 0.25) is 0 Å². The van der Waals surface area contributed by atoms with E-state index in [9.17, 15) is 0 Å². The second-order valence-corrected chi connectivity index (χ2v) is 3.71. The van der Waals surface area contributed by atoms with Crippen LogP contribution in [0.3, 0.4) is 0 Å². The second-order valence-electron chi connectivity index (χ2n) is 3.71. The molecule has 1 heterocycles. The number of rotatable bonds is 6. The van der Waals surface area contributed by atoms with Gasteiger partial charge < -0.3 is 5.32 Å². The maximum Gasteiger partial charge on any atom is 0.0635 e. The third-order valence-corrected chi connectivity index (χ3v) is 2.23. The van der Waals surface area contributed by atoms with Crippen molar-refractivity contribution in [2.45, 2.75) is 19.9 Å². The largest absolute Gasteiger partial charge is 0.385 e. The van der Waals surface area contributed by atoms with E-state index in [-0.39, 0.29) is 0 Å². The van der Waals surface area contributed by atoms with Crippen LogP contribution in [-0.4, -0.2) is 30.0 Å². The molecule has 16 heavy (non-hydrogen) atoms. The van der Waals surface area contributed by atoms with Gasteiger partial charge in [-0.2, -0.15) is 5.26 Å². The summed E-state index contributed by atoms with van der Waals surface area (Å²) in [6.45, 7) is 4.54. The first-order chi connectivity index (χ1) is 7.76. The molecule has 0 spiro atoms. The van der Waals surface area contributed by atoms with E-state index in [0.29, 0.717) is 6.42 Å². The van der Waals surface area contributed by atoms with Gasteiger partial charge >= 0.3 is 0 Å². The van der Waals surface area contributed by atoms with Crippen molar-refractivity contribution >= 4 is 5.69 Å². The zero-order valence-electron chi connectivity index (χ0n) is 9.90. The highest BCUT2D eigenvalue weighted by molar-refractivity contribution is 5.42. The summed E-state index contributed by atoms with van der Waals surface area (Å²) in [6.07, 6.45) is 2.37. The van der Waals surface area contributed by atoms with Gasteiger partial charge in [-0.05, 0) is 26.1 Å². The van der Waals surface area contributed by atoms with E-state index in [4.69, 9.17) is 5.26 Å². The molecule has 1 aromatic rings. The van der Waals surface area contributed by atoms with Crippen molar-refractivity contribution in [2.75, 3.05) is 25.5 Å². The third kappa shape index (κ3) is 4.28. The van der Waals surface area contributed by atoms with Crippen molar-refractivity contribution in [3.05, 3.63) is 24.0 Å². The van der Waals surface area contributed by atoms with Crippen molar-refractivity contribution in [3.63, 3.8) is 0 Å². The van der Waals surface area contributed by atoms with Crippen LogP contribution in [0.15, 0.2) is 18.3 Å². The molecule has 0 aliphatic carbocycles. The smallest absolute Gasteiger partial charge is 0.0635 e. The van der Waals surface area contributed by atoms with E-state index in [1.165, 1.54) is 0 Å². The van der Waals surface area contributed by atoms with Crippen LogP contribution < -0.4 is 5.32 Å². The van der Waals surface area contributed by atoms with Crippen LogP contribution in [0.1, 0.15) is 19.0 Å². The number of anilines is 1. The van der Waals surface area contributed by atoms with E-state index >= 15 is 0 Å². The molecule has 0 radical (unpaired) electrons. The minimum absolute atomic E-state index is 0.559. The molecule has 1 rings (SSSR count). The minimum Gasteiger partial charge on any atom is -0.385 e. The Morgan fingerprint density at radius 3 is 3.06 bits per heavy atom. The Morgan fingerprint density at radius 2 is 2.38 bits per heavy atom. The Labute approximate surface area is 96.9 Å². The first-order valence-corrected chi connectivity index (χ1v) is 5.50. The molecule has 0 aromatic carbocycles.